The highest BCUT2D eigenvalue weighted by Gasteiger charge is 2.53. The van der Waals surface area contributed by atoms with Gasteiger partial charge in [0.2, 0.25) is 15.9 Å². The third-order valence-corrected chi connectivity index (χ3v) is 7.47. The van der Waals surface area contributed by atoms with Gasteiger partial charge < -0.3 is 4.90 Å². The van der Waals surface area contributed by atoms with Crippen LogP contribution in [0.2, 0.25) is 0 Å². The number of likely N-dealkylation sites (tertiary alicyclic amines) is 1. The van der Waals surface area contributed by atoms with Crippen LogP contribution in [0, 0.1) is 13.8 Å². The van der Waals surface area contributed by atoms with Crippen LogP contribution in [0.15, 0.2) is 0 Å². The molecule has 2 fully saturated rings. The summed E-state index contributed by atoms with van der Waals surface area (Å²) in [5, 5.41) is 4.48. The number of hydrogen-bond acceptors (Lipinski definition) is 5. The second-order valence-electron chi connectivity index (χ2n) is 8.30. The number of sulfonamides is 1. The molecule has 0 spiro atoms. The third kappa shape index (κ3) is 4.38. The first-order valence-electron chi connectivity index (χ1n) is 10.3. The van der Waals surface area contributed by atoms with E-state index in [-0.39, 0.29) is 25.0 Å². The molecule has 30 heavy (non-hydrogen) atoms. The van der Waals surface area contributed by atoms with Crippen LogP contribution >= 0.6 is 0 Å². The highest BCUT2D eigenvalue weighted by molar-refractivity contribution is 7.88. The fraction of sp³-hybridized carbons (Fsp3) is 0.789. The van der Waals surface area contributed by atoms with Crippen LogP contribution in [0.5, 0.6) is 0 Å². The maximum absolute atomic E-state index is 14.3. The van der Waals surface area contributed by atoms with Gasteiger partial charge in [-0.15, -0.1) is 0 Å². The minimum absolute atomic E-state index is 0.145. The Morgan fingerprint density at radius 1 is 1.27 bits per heavy atom. The zero-order valence-corrected chi connectivity index (χ0v) is 19.0. The third-order valence-electron chi connectivity index (χ3n) is 6.23. The molecule has 0 aliphatic carbocycles. The zero-order chi connectivity index (χ0) is 22.4. The lowest BCUT2D eigenvalue weighted by Crippen LogP contribution is -2.63. The van der Waals surface area contributed by atoms with Crippen LogP contribution in [0.4, 0.5) is 8.78 Å². The van der Waals surface area contributed by atoms with E-state index in [1.54, 1.807) is 4.90 Å². The Morgan fingerprint density at radius 2 is 1.90 bits per heavy atom. The second kappa shape index (κ2) is 8.16. The van der Waals surface area contributed by atoms with Crippen LogP contribution in [-0.4, -0.2) is 88.7 Å². The van der Waals surface area contributed by atoms with Gasteiger partial charge in [0, 0.05) is 56.4 Å². The number of aryl methyl sites for hydroxylation is 2. The largest absolute Gasteiger partial charge is 0.337 e. The zero-order valence-electron chi connectivity index (χ0n) is 18.2. The van der Waals surface area contributed by atoms with Gasteiger partial charge in [0.25, 0.3) is 5.92 Å². The highest BCUT2D eigenvalue weighted by atomic mass is 32.2. The van der Waals surface area contributed by atoms with Gasteiger partial charge in [-0.1, -0.05) is 0 Å². The van der Waals surface area contributed by atoms with Gasteiger partial charge in [0.05, 0.1) is 24.5 Å². The molecule has 0 bridgehead atoms. The average molecular weight is 448 g/mol. The van der Waals surface area contributed by atoms with Crippen molar-refractivity contribution in [3.63, 3.8) is 0 Å². The standard InChI is InChI=1S/C19H31F2N5O3S/c1-6-23(11-16-13(3)22-26(7-2)14(16)4)18(27)17-8-19(20,21)12-25(17)15-9-24(10-15)30(5,28)29/h15,17H,6-12H2,1-5H3/t17-/m0/s1. The van der Waals surface area contributed by atoms with Crippen molar-refractivity contribution in [2.75, 3.05) is 32.4 Å². The molecule has 2 saturated heterocycles. The monoisotopic (exact) mass is 447 g/mol. The number of likely N-dealkylation sites (N-methyl/N-ethyl adjacent to an activating group) is 1. The fourth-order valence-corrected chi connectivity index (χ4v) is 5.26. The van der Waals surface area contributed by atoms with Crippen molar-refractivity contribution in [2.45, 2.75) is 65.2 Å². The normalized spacial score (nSPS) is 23.0. The van der Waals surface area contributed by atoms with Crippen molar-refractivity contribution in [2.24, 2.45) is 0 Å². The van der Waals surface area contributed by atoms with E-state index in [0.717, 1.165) is 23.2 Å². The molecule has 0 aromatic carbocycles. The van der Waals surface area contributed by atoms with E-state index in [1.807, 2.05) is 32.4 Å². The Balaban J connectivity index is 1.77. The van der Waals surface area contributed by atoms with E-state index in [2.05, 4.69) is 5.10 Å². The molecule has 1 amide bonds. The molecule has 1 atom stereocenters. The smallest absolute Gasteiger partial charge is 0.262 e. The molecule has 0 N–H and O–H groups in total. The summed E-state index contributed by atoms with van der Waals surface area (Å²) < 4.78 is 54.9. The summed E-state index contributed by atoms with van der Waals surface area (Å²) in [5.74, 6) is -3.31. The van der Waals surface area contributed by atoms with E-state index in [4.69, 9.17) is 0 Å². The van der Waals surface area contributed by atoms with Crippen molar-refractivity contribution in [3.8, 4) is 0 Å². The number of carbonyl (C=O) groups is 1. The van der Waals surface area contributed by atoms with Crippen molar-refractivity contribution in [3.05, 3.63) is 17.0 Å². The van der Waals surface area contributed by atoms with Crippen molar-refractivity contribution < 1.29 is 22.0 Å². The fourth-order valence-electron chi connectivity index (χ4n) is 4.37. The number of halogens is 2. The second-order valence-corrected chi connectivity index (χ2v) is 10.3. The van der Waals surface area contributed by atoms with Gasteiger partial charge in [-0.2, -0.15) is 9.40 Å². The maximum Gasteiger partial charge on any atom is 0.262 e. The van der Waals surface area contributed by atoms with Crippen molar-refractivity contribution in [1.82, 2.24) is 23.9 Å². The number of hydrogen-bond donors (Lipinski definition) is 0. The first kappa shape index (κ1) is 23.1. The van der Waals surface area contributed by atoms with Crippen LogP contribution in [0.25, 0.3) is 0 Å². The lowest BCUT2D eigenvalue weighted by Gasteiger charge is -2.44. The van der Waals surface area contributed by atoms with Gasteiger partial charge in [-0.3, -0.25) is 14.4 Å². The number of amides is 1. The molecule has 8 nitrogen and oxygen atoms in total. The first-order chi connectivity index (χ1) is 13.9. The molecule has 170 valence electrons. The predicted molar refractivity (Wildman–Crippen MR) is 109 cm³/mol. The molecule has 1 aromatic rings. The summed E-state index contributed by atoms with van der Waals surface area (Å²) in [7, 11) is -3.35. The van der Waals surface area contributed by atoms with Crippen LogP contribution in [-0.2, 0) is 27.9 Å². The molecular weight excluding hydrogens is 416 g/mol. The number of rotatable bonds is 7. The lowest BCUT2D eigenvalue weighted by molar-refractivity contribution is -0.138. The lowest BCUT2D eigenvalue weighted by atomic mass is 10.1. The quantitative estimate of drug-likeness (QED) is 0.628. The molecule has 11 heteroatoms. The van der Waals surface area contributed by atoms with Crippen LogP contribution in [0.3, 0.4) is 0 Å². The maximum atomic E-state index is 14.3. The van der Waals surface area contributed by atoms with E-state index >= 15 is 0 Å². The summed E-state index contributed by atoms with van der Waals surface area (Å²) in [6.07, 6.45) is 0.564. The van der Waals surface area contributed by atoms with Crippen molar-refractivity contribution >= 4 is 15.9 Å². The number of carbonyl (C=O) groups excluding carboxylic acids is 1. The minimum Gasteiger partial charge on any atom is -0.337 e. The molecule has 3 heterocycles. The Hall–Kier alpha value is -1.59. The number of alkyl halides is 2. The summed E-state index contributed by atoms with van der Waals surface area (Å²) in [5.41, 5.74) is 2.74. The molecule has 3 rings (SSSR count). The van der Waals surface area contributed by atoms with E-state index in [9.17, 15) is 22.0 Å². The van der Waals surface area contributed by atoms with Crippen molar-refractivity contribution in [1.29, 1.82) is 0 Å². The van der Waals surface area contributed by atoms with E-state index in [1.165, 1.54) is 9.21 Å². The molecule has 1 aromatic heterocycles. The molecule has 2 aliphatic heterocycles. The molecule has 0 radical (unpaired) electrons. The summed E-state index contributed by atoms with van der Waals surface area (Å²) in [4.78, 5) is 16.4. The number of aromatic nitrogens is 2. The van der Waals surface area contributed by atoms with Gasteiger partial charge in [-0.05, 0) is 27.7 Å². The molecule has 0 unspecified atom stereocenters. The Kier molecular flexibility index (Phi) is 6.28. The number of nitrogens with zero attached hydrogens (tertiary/aromatic N) is 5. The average Bonchev–Trinajstić information content (AvgIpc) is 3.05. The molecular formula is C19H31F2N5O3S. The van der Waals surface area contributed by atoms with E-state index in [0.29, 0.717) is 19.6 Å². The summed E-state index contributed by atoms with van der Waals surface area (Å²) >= 11 is 0. The Labute approximate surface area is 176 Å². The predicted octanol–water partition coefficient (Wildman–Crippen LogP) is 1.22. The topological polar surface area (TPSA) is 78.8 Å². The molecule has 0 saturated carbocycles. The minimum atomic E-state index is -3.35. The highest BCUT2D eigenvalue weighted by Crippen LogP contribution is 2.37. The SMILES string of the molecule is CCN(Cc1c(C)nn(CC)c1C)C(=O)[C@@H]1CC(F)(F)CN1C1CN(S(C)(=O)=O)C1. The first-order valence-corrected chi connectivity index (χ1v) is 12.1. The van der Waals surface area contributed by atoms with Crippen LogP contribution in [0.1, 0.15) is 37.2 Å². The summed E-state index contributed by atoms with van der Waals surface area (Å²) in [6, 6.07) is -1.32. The van der Waals surface area contributed by atoms with Gasteiger partial charge in [0.1, 0.15) is 0 Å². The summed E-state index contributed by atoms with van der Waals surface area (Å²) in [6.45, 7) is 8.86. The van der Waals surface area contributed by atoms with Gasteiger partial charge in [0.15, 0.2) is 0 Å². The Bertz CT molecular complexity index is 912. The van der Waals surface area contributed by atoms with Crippen LogP contribution < -0.4 is 0 Å². The molecule has 2 aliphatic rings. The van der Waals surface area contributed by atoms with Gasteiger partial charge in [-0.25, -0.2) is 17.2 Å². The Morgan fingerprint density at radius 3 is 2.40 bits per heavy atom. The van der Waals surface area contributed by atoms with Gasteiger partial charge >= 0.3 is 0 Å². The van der Waals surface area contributed by atoms with E-state index < -0.39 is 35.0 Å².